The monoisotopic (exact) mass is 358 g/mol. The molecule has 0 bridgehead atoms. The molecule has 0 aromatic carbocycles. The van der Waals surface area contributed by atoms with Crippen LogP contribution >= 0.6 is 0 Å². The van der Waals surface area contributed by atoms with Gasteiger partial charge < -0.3 is 14.5 Å². The summed E-state index contributed by atoms with van der Waals surface area (Å²) in [6.45, 7) is 4.96. The third-order valence-electron chi connectivity index (χ3n) is 6.39. The zero-order valence-corrected chi connectivity index (χ0v) is 15.6. The number of carbonyl (C=O) groups is 1. The number of rotatable bonds is 3. The lowest BCUT2D eigenvalue weighted by Gasteiger charge is -2.42. The minimum absolute atomic E-state index is 0.111. The molecule has 1 spiro atoms. The van der Waals surface area contributed by atoms with E-state index in [1.54, 1.807) is 12.4 Å². The van der Waals surface area contributed by atoms with E-state index < -0.39 is 0 Å². The third-order valence-corrected chi connectivity index (χ3v) is 6.39. The molecule has 6 heteroatoms. The molecule has 6 nitrogen and oxygen atoms in total. The molecule has 1 aliphatic carbocycles. The van der Waals surface area contributed by atoms with Crippen molar-refractivity contribution in [2.75, 3.05) is 44.3 Å². The number of amides is 1. The van der Waals surface area contributed by atoms with Gasteiger partial charge in [-0.25, -0.2) is 9.97 Å². The van der Waals surface area contributed by atoms with Crippen LogP contribution in [0.5, 0.6) is 0 Å². The molecule has 0 radical (unpaired) electrons. The lowest BCUT2D eigenvalue weighted by atomic mass is 9.78. The second-order valence-corrected chi connectivity index (χ2v) is 8.26. The van der Waals surface area contributed by atoms with Crippen molar-refractivity contribution in [1.82, 2.24) is 14.9 Å². The fraction of sp³-hybridized carbons (Fsp3) is 0.750. The largest absolute Gasteiger partial charge is 0.379 e. The Kier molecular flexibility index (Phi) is 5.38. The molecular formula is C20H30N4O2. The van der Waals surface area contributed by atoms with Crippen LogP contribution in [0, 0.1) is 11.3 Å². The number of piperidine rings is 1. The standard InChI is InChI=1S/C20H30N4O2/c25-18(14-17-4-1-2-5-17)23-10-6-20(7-11-23)15-24(12-13-26-16-20)19-21-8-3-9-22-19/h3,8-9,17H,1-2,4-7,10-16H2. The molecule has 1 aromatic rings. The van der Waals surface area contributed by atoms with Crippen molar-refractivity contribution in [3.63, 3.8) is 0 Å². The first-order valence-electron chi connectivity index (χ1n) is 10.1. The minimum Gasteiger partial charge on any atom is -0.379 e. The number of carbonyl (C=O) groups excluding carboxylic acids is 1. The molecule has 26 heavy (non-hydrogen) atoms. The molecule has 4 rings (SSSR count). The summed E-state index contributed by atoms with van der Waals surface area (Å²) in [4.78, 5) is 25.8. The van der Waals surface area contributed by atoms with Gasteiger partial charge in [-0.15, -0.1) is 0 Å². The maximum atomic E-state index is 12.6. The second kappa shape index (κ2) is 7.91. The molecule has 3 fully saturated rings. The fourth-order valence-corrected chi connectivity index (χ4v) is 4.74. The summed E-state index contributed by atoms with van der Waals surface area (Å²) in [6, 6.07) is 1.85. The van der Waals surface area contributed by atoms with E-state index in [1.165, 1.54) is 25.7 Å². The SMILES string of the molecule is O=C(CC1CCCC1)N1CCC2(CC1)COCCN(c1ncccn1)C2. The first-order chi connectivity index (χ1) is 12.7. The van der Waals surface area contributed by atoms with Crippen LogP contribution in [0.4, 0.5) is 5.95 Å². The molecule has 1 aromatic heterocycles. The van der Waals surface area contributed by atoms with Crippen molar-refractivity contribution in [3.8, 4) is 0 Å². The van der Waals surface area contributed by atoms with E-state index in [4.69, 9.17) is 4.74 Å². The van der Waals surface area contributed by atoms with Crippen LogP contribution in [0.25, 0.3) is 0 Å². The van der Waals surface area contributed by atoms with Gasteiger partial charge in [0.05, 0.1) is 13.2 Å². The number of hydrogen-bond acceptors (Lipinski definition) is 5. The van der Waals surface area contributed by atoms with E-state index in [-0.39, 0.29) is 5.41 Å². The highest BCUT2D eigenvalue weighted by molar-refractivity contribution is 5.76. The number of nitrogens with zero attached hydrogens (tertiary/aromatic N) is 4. The second-order valence-electron chi connectivity index (χ2n) is 8.26. The van der Waals surface area contributed by atoms with Gasteiger partial charge in [0.1, 0.15) is 0 Å². The van der Waals surface area contributed by atoms with Gasteiger partial charge in [-0.05, 0) is 37.7 Å². The maximum absolute atomic E-state index is 12.6. The van der Waals surface area contributed by atoms with Crippen LogP contribution in [0.1, 0.15) is 44.9 Å². The molecule has 0 N–H and O–H groups in total. The number of ether oxygens (including phenoxy) is 1. The molecule has 2 aliphatic heterocycles. The molecule has 1 amide bonds. The predicted molar refractivity (Wildman–Crippen MR) is 99.9 cm³/mol. The Balaban J connectivity index is 1.36. The molecule has 3 heterocycles. The van der Waals surface area contributed by atoms with E-state index in [2.05, 4.69) is 19.8 Å². The van der Waals surface area contributed by atoms with Gasteiger partial charge in [0.15, 0.2) is 0 Å². The van der Waals surface area contributed by atoms with Crippen LogP contribution in [0.3, 0.4) is 0 Å². The van der Waals surface area contributed by atoms with Crippen LogP contribution in [-0.4, -0.2) is 60.2 Å². The summed E-state index contributed by atoms with van der Waals surface area (Å²) >= 11 is 0. The van der Waals surface area contributed by atoms with Crippen molar-refractivity contribution in [3.05, 3.63) is 18.5 Å². The maximum Gasteiger partial charge on any atom is 0.225 e. The van der Waals surface area contributed by atoms with Gasteiger partial charge in [0, 0.05) is 50.4 Å². The summed E-state index contributed by atoms with van der Waals surface area (Å²) < 4.78 is 5.94. The first-order valence-corrected chi connectivity index (χ1v) is 10.1. The quantitative estimate of drug-likeness (QED) is 0.831. The van der Waals surface area contributed by atoms with Crippen LogP contribution in [0.2, 0.25) is 0 Å². The summed E-state index contributed by atoms with van der Waals surface area (Å²) in [5.74, 6) is 1.78. The van der Waals surface area contributed by atoms with Crippen molar-refractivity contribution in [2.24, 2.45) is 11.3 Å². The Morgan fingerprint density at radius 2 is 1.88 bits per heavy atom. The lowest BCUT2D eigenvalue weighted by Crippen LogP contribution is -2.49. The topological polar surface area (TPSA) is 58.6 Å². The van der Waals surface area contributed by atoms with E-state index >= 15 is 0 Å². The van der Waals surface area contributed by atoms with Crippen molar-refractivity contribution < 1.29 is 9.53 Å². The molecule has 3 aliphatic rings. The van der Waals surface area contributed by atoms with Crippen LogP contribution < -0.4 is 4.90 Å². The van der Waals surface area contributed by atoms with E-state index in [0.29, 0.717) is 18.4 Å². The highest BCUT2D eigenvalue weighted by Crippen LogP contribution is 2.36. The van der Waals surface area contributed by atoms with Gasteiger partial charge in [-0.2, -0.15) is 0 Å². The van der Waals surface area contributed by atoms with Gasteiger partial charge in [-0.1, -0.05) is 12.8 Å². The smallest absolute Gasteiger partial charge is 0.225 e. The van der Waals surface area contributed by atoms with Gasteiger partial charge in [-0.3, -0.25) is 4.79 Å². The number of hydrogen-bond donors (Lipinski definition) is 0. The van der Waals surface area contributed by atoms with Gasteiger partial charge in [0.2, 0.25) is 11.9 Å². The van der Waals surface area contributed by atoms with Crippen LogP contribution in [0.15, 0.2) is 18.5 Å². The Morgan fingerprint density at radius 1 is 1.15 bits per heavy atom. The molecule has 1 saturated carbocycles. The fourth-order valence-electron chi connectivity index (χ4n) is 4.74. The number of aromatic nitrogens is 2. The molecule has 0 atom stereocenters. The third kappa shape index (κ3) is 4.00. The summed E-state index contributed by atoms with van der Waals surface area (Å²) in [5.41, 5.74) is 0.111. The Bertz CT molecular complexity index is 595. The van der Waals surface area contributed by atoms with Crippen molar-refractivity contribution >= 4 is 11.9 Å². The molecule has 2 saturated heterocycles. The Hall–Kier alpha value is -1.69. The Morgan fingerprint density at radius 3 is 2.62 bits per heavy atom. The van der Waals surface area contributed by atoms with Crippen molar-refractivity contribution in [2.45, 2.75) is 44.9 Å². The lowest BCUT2D eigenvalue weighted by molar-refractivity contribution is -0.135. The molecule has 0 unspecified atom stereocenters. The highest BCUT2D eigenvalue weighted by atomic mass is 16.5. The van der Waals surface area contributed by atoms with Gasteiger partial charge in [0.25, 0.3) is 0 Å². The minimum atomic E-state index is 0.111. The van der Waals surface area contributed by atoms with Gasteiger partial charge >= 0.3 is 0 Å². The zero-order chi connectivity index (χ0) is 17.8. The number of likely N-dealkylation sites (tertiary alicyclic amines) is 1. The predicted octanol–water partition coefficient (Wildman–Crippen LogP) is 2.50. The van der Waals surface area contributed by atoms with E-state index in [9.17, 15) is 4.79 Å². The average molecular weight is 358 g/mol. The Labute approximate surface area is 155 Å². The zero-order valence-electron chi connectivity index (χ0n) is 15.6. The molecular weight excluding hydrogens is 328 g/mol. The van der Waals surface area contributed by atoms with E-state index in [0.717, 1.165) is 58.0 Å². The summed E-state index contributed by atoms with van der Waals surface area (Å²) in [5, 5.41) is 0. The van der Waals surface area contributed by atoms with Crippen LogP contribution in [-0.2, 0) is 9.53 Å². The number of anilines is 1. The average Bonchev–Trinajstić information content (AvgIpc) is 3.10. The molecule has 142 valence electrons. The normalized spacial score (nSPS) is 24.0. The van der Waals surface area contributed by atoms with E-state index in [1.807, 2.05) is 6.07 Å². The first kappa shape index (κ1) is 17.7. The summed E-state index contributed by atoms with van der Waals surface area (Å²) in [7, 11) is 0. The van der Waals surface area contributed by atoms with Crippen molar-refractivity contribution in [1.29, 1.82) is 0 Å². The summed E-state index contributed by atoms with van der Waals surface area (Å²) in [6.07, 6.45) is 11.4. The highest BCUT2D eigenvalue weighted by Gasteiger charge is 2.39.